The molecule has 0 radical (unpaired) electrons. The summed E-state index contributed by atoms with van der Waals surface area (Å²) in [7, 11) is 1.55. The van der Waals surface area contributed by atoms with Crippen molar-refractivity contribution in [2.75, 3.05) is 7.05 Å². The third kappa shape index (κ3) is 2.40. The van der Waals surface area contributed by atoms with E-state index >= 15 is 0 Å². The van der Waals surface area contributed by atoms with E-state index < -0.39 is 28.6 Å². The highest BCUT2D eigenvalue weighted by molar-refractivity contribution is 5.93. The van der Waals surface area contributed by atoms with Crippen LogP contribution in [0.1, 0.15) is 22.8 Å². The number of nitrogens with zero attached hydrogens (tertiary/aromatic N) is 1. The summed E-state index contributed by atoms with van der Waals surface area (Å²) in [5.41, 5.74) is -1.67. The molecule has 0 aliphatic heterocycles. The second-order valence-corrected chi connectivity index (χ2v) is 4.54. The van der Waals surface area contributed by atoms with Crippen LogP contribution in [0.5, 0.6) is 0 Å². The smallest absolute Gasteiger partial charge is 0.341 e. The number of benzene rings is 1. The predicted octanol–water partition coefficient (Wildman–Crippen LogP) is 1.72. The number of hydrogen-bond acceptors (Lipinski definition) is 3. The molecule has 1 heterocycles. The Morgan fingerprint density at radius 2 is 2.10 bits per heavy atom. The first kappa shape index (κ1) is 15.1. The van der Waals surface area contributed by atoms with Gasteiger partial charge in [-0.15, -0.1) is 0 Å². The van der Waals surface area contributed by atoms with Crippen molar-refractivity contribution >= 4 is 16.9 Å². The van der Waals surface area contributed by atoms with Crippen LogP contribution < -0.4 is 10.7 Å². The van der Waals surface area contributed by atoms with Gasteiger partial charge in [0.1, 0.15) is 11.4 Å². The van der Waals surface area contributed by atoms with Crippen molar-refractivity contribution in [3.63, 3.8) is 0 Å². The molecule has 0 spiro atoms. The second-order valence-electron chi connectivity index (χ2n) is 4.54. The fourth-order valence-electron chi connectivity index (χ4n) is 2.27. The minimum atomic E-state index is -1.43. The van der Waals surface area contributed by atoms with E-state index in [0.717, 1.165) is 12.3 Å². The monoisotopic (exact) mass is 296 g/mol. The highest BCUT2D eigenvalue weighted by Gasteiger charge is 2.21. The maximum atomic E-state index is 14.5. The van der Waals surface area contributed by atoms with Crippen LogP contribution >= 0.6 is 0 Å². The molecule has 0 bridgehead atoms. The van der Waals surface area contributed by atoms with Crippen molar-refractivity contribution in [2.24, 2.45) is 0 Å². The van der Waals surface area contributed by atoms with Crippen molar-refractivity contribution in [3.05, 3.63) is 45.2 Å². The van der Waals surface area contributed by atoms with E-state index in [2.05, 4.69) is 5.32 Å². The standard InChI is InChI=1S/C14H14F2N2O3/c1-3-18-6-9(14(20)21)13(19)7-4-10(15)8(5-17-2)11(16)12(7)18/h4,6,17H,3,5H2,1-2H3,(H,20,21). The lowest BCUT2D eigenvalue weighted by atomic mass is 10.1. The molecule has 0 atom stereocenters. The summed E-state index contributed by atoms with van der Waals surface area (Å²) in [5.74, 6) is -3.16. The van der Waals surface area contributed by atoms with Crippen LogP contribution in [0.2, 0.25) is 0 Å². The molecule has 5 nitrogen and oxygen atoms in total. The summed E-state index contributed by atoms with van der Waals surface area (Å²) in [6.07, 6.45) is 1.08. The topological polar surface area (TPSA) is 71.3 Å². The third-order valence-electron chi connectivity index (χ3n) is 3.27. The van der Waals surface area contributed by atoms with Gasteiger partial charge in [-0.3, -0.25) is 4.79 Å². The third-order valence-corrected chi connectivity index (χ3v) is 3.27. The minimum absolute atomic E-state index is 0.0355. The van der Waals surface area contributed by atoms with Crippen molar-refractivity contribution in [1.29, 1.82) is 0 Å². The lowest BCUT2D eigenvalue weighted by Gasteiger charge is -2.14. The normalized spacial score (nSPS) is 11.0. The fourth-order valence-corrected chi connectivity index (χ4v) is 2.27. The van der Waals surface area contributed by atoms with Crippen LogP contribution in [0.25, 0.3) is 10.9 Å². The number of nitrogens with one attached hydrogen (secondary N) is 1. The SMILES string of the molecule is CCn1cc(C(=O)O)c(=O)c2cc(F)c(CNC)c(F)c21. The molecule has 2 rings (SSSR count). The molecule has 1 aromatic carbocycles. The summed E-state index contributed by atoms with van der Waals surface area (Å²) in [5, 5.41) is 11.4. The fraction of sp³-hybridized carbons (Fsp3) is 0.286. The molecule has 0 aliphatic rings. The number of pyridine rings is 1. The molecule has 0 unspecified atom stereocenters. The maximum absolute atomic E-state index is 14.5. The van der Waals surface area contributed by atoms with Gasteiger partial charge in [0.2, 0.25) is 5.43 Å². The van der Waals surface area contributed by atoms with Crippen LogP contribution in [-0.4, -0.2) is 22.7 Å². The van der Waals surface area contributed by atoms with Crippen molar-refractivity contribution in [3.8, 4) is 0 Å². The number of carboxylic acids is 1. The van der Waals surface area contributed by atoms with Gasteiger partial charge in [-0.2, -0.15) is 0 Å². The largest absolute Gasteiger partial charge is 0.477 e. The van der Waals surface area contributed by atoms with Gasteiger partial charge in [0, 0.05) is 24.8 Å². The number of carbonyl (C=O) groups is 1. The zero-order valence-corrected chi connectivity index (χ0v) is 11.5. The molecular weight excluding hydrogens is 282 g/mol. The zero-order valence-electron chi connectivity index (χ0n) is 11.5. The molecule has 0 amide bonds. The van der Waals surface area contributed by atoms with E-state index in [4.69, 9.17) is 5.11 Å². The number of carboxylic acid groups (broad SMARTS) is 1. The molecule has 2 N–H and O–H groups in total. The van der Waals surface area contributed by atoms with Gasteiger partial charge in [0.05, 0.1) is 10.9 Å². The van der Waals surface area contributed by atoms with E-state index in [1.807, 2.05) is 0 Å². The molecule has 0 saturated carbocycles. The molecule has 1 aromatic heterocycles. The Hall–Kier alpha value is -2.28. The summed E-state index contributed by atoms with van der Waals surface area (Å²) in [6, 6.07) is 0.895. The van der Waals surface area contributed by atoms with Crippen molar-refractivity contribution < 1.29 is 18.7 Å². The molecule has 0 saturated heterocycles. The number of aromatic nitrogens is 1. The minimum Gasteiger partial charge on any atom is -0.477 e. The highest BCUT2D eigenvalue weighted by atomic mass is 19.1. The van der Waals surface area contributed by atoms with Crippen LogP contribution in [0, 0.1) is 11.6 Å². The zero-order chi connectivity index (χ0) is 15.7. The molecular formula is C14H14F2N2O3. The van der Waals surface area contributed by atoms with Gasteiger partial charge in [0.15, 0.2) is 5.82 Å². The average molecular weight is 296 g/mol. The van der Waals surface area contributed by atoms with Gasteiger partial charge >= 0.3 is 5.97 Å². The lowest BCUT2D eigenvalue weighted by Crippen LogP contribution is -2.21. The number of aryl methyl sites for hydroxylation is 1. The molecule has 2 aromatic rings. The van der Waals surface area contributed by atoms with Gasteiger partial charge in [0.25, 0.3) is 0 Å². The summed E-state index contributed by atoms with van der Waals surface area (Å²) < 4.78 is 29.7. The molecule has 7 heteroatoms. The van der Waals surface area contributed by atoms with E-state index in [1.54, 1.807) is 14.0 Å². The predicted molar refractivity (Wildman–Crippen MR) is 73.5 cm³/mol. The second kappa shape index (κ2) is 5.61. The number of rotatable bonds is 4. The van der Waals surface area contributed by atoms with Gasteiger partial charge in [-0.05, 0) is 20.0 Å². The first-order valence-corrected chi connectivity index (χ1v) is 6.34. The molecule has 0 aliphatic carbocycles. The summed E-state index contributed by atoms with van der Waals surface area (Å²) >= 11 is 0. The number of halogens is 2. The Morgan fingerprint density at radius 3 is 2.62 bits per heavy atom. The van der Waals surface area contributed by atoms with Gasteiger partial charge in [-0.1, -0.05) is 0 Å². The van der Waals surface area contributed by atoms with E-state index in [1.165, 1.54) is 4.57 Å². The Kier molecular flexibility index (Phi) is 4.04. The number of fused-ring (bicyclic) bond motifs is 1. The molecule has 21 heavy (non-hydrogen) atoms. The Labute approximate surface area is 118 Å². The number of aromatic carboxylic acids is 1. The van der Waals surface area contributed by atoms with E-state index in [-0.39, 0.29) is 29.6 Å². The van der Waals surface area contributed by atoms with Crippen LogP contribution in [0.4, 0.5) is 8.78 Å². The summed E-state index contributed by atoms with van der Waals surface area (Å²) in [6.45, 7) is 1.89. The van der Waals surface area contributed by atoms with Crippen molar-refractivity contribution in [1.82, 2.24) is 9.88 Å². The maximum Gasteiger partial charge on any atom is 0.341 e. The lowest BCUT2D eigenvalue weighted by molar-refractivity contribution is 0.0695. The van der Waals surface area contributed by atoms with Crippen LogP contribution in [0.3, 0.4) is 0 Å². The van der Waals surface area contributed by atoms with Crippen LogP contribution in [-0.2, 0) is 13.1 Å². The Bertz CT molecular complexity index is 784. The average Bonchev–Trinajstić information content (AvgIpc) is 2.44. The van der Waals surface area contributed by atoms with Crippen molar-refractivity contribution in [2.45, 2.75) is 20.0 Å². The molecule has 112 valence electrons. The van der Waals surface area contributed by atoms with E-state index in [0.29, 0.717) is 0 Å². The van der Waals surface area contributed by atoms with Gasteiger partial charge < -0.3 is 15.0 Å². The first-order valence-electron chi connectivity index (χ1n) is 6.34. The highest BCUT2D eigenvalue weighted by Crippen LogP contribution is 2.23. The van der Waals surface area contributed by atoms with E-state index in [9.17, 15) is 18.4 Å². The summed E-state index contributed by atoms with van der Waals surface area (Å²) in [4.78, 5) is 23.1. The number of hydrogen-bond donors (Lipinski definition) is 2. The quantitative estimate of drug-likeness (QED) is 0.901. The van der Waals surface area contributed by atoms with Gasteiger partial charge in [-0.25, -0.2) is 13.6 Å². The Morgan fingerprint density at radius 1 is 1.43 bits per heavy atom. The molecule has 0 fully saturated rings. The van der Waals surface area contributed by atoms with Crippen LogP contribution in [0.15, 0.2) is 17.1 Å². The first-order chi connectivity index (χ1) is 9.92. The Balaban J connectivity index is 2.98.